The zero-order valence-electron chi connectivity index (χ0n) is 20.9. The summed E-state index contributed by atoms with van der Waals surface area (Å²) in [6.07, 6.45) is 0.791. The number of H-pyrrole nitrogens is 1. The molecule has 0 atom stereocenters. The first-order chi connectivity index (χ1) is 18.5. The summed E-state index contributed by atoms with van der Waals surface area (Å²) < 4.78 is 18.4. The number of aromatic nitrogens is 4. The molecule has 0 saturated heterocycles. The van der Waals surface area contributed by atoms with E-state index in [0.29, 0.717) is 41.4 Å². The number of aryl methyl sites for hydroxylation is 1. The maximum atomic E-state index is 12.6. The molecule has 0 bridgehead atoms. The van der Waals surface area contributed by atoms with E-state index < -0.39 is 11.4 Å². The van der Waals surface area contributed by atoms with Crippen molar-refractivity contribution in [1.82, 2.24) is 19.3 Å². The SMILES string of the molecule is CCc1cc2c(=O)[nH]c(=O)n(Cc3ccc(-c4ccccc4-c4noc(=O)n4COCCOC)cc3)c2s1. The van der Waals surface area contributed by atoms with Crippen LogP contribution in [0.3, 0.4) is 0 Å². The van der Waals surface area contributed by atoms with E-state index in [-0.39, 0.29) is 12.3 Å². The number of nitrogens with zero attached hydrogens (tertiary/aromatic N) is 3. The first kappa shape index (κ1) is 25.6. The monoisotopic (exact) mass is 534 g/mol. The van der Waals surface area contributed by atoms with Gasteiger partial charge < -0.3 is 9.47 Å². The molecule has 1 N–H and O–H groups in total. The van der Waals surface area contributed by atoms with Gasteiger partial charge in [0.05, 0.1) is 25.1 Å². The Hall–Kier alpha value is -4.06. The summed E-state index contributed by atoms with van der Waals surface area (Å²) in [5.41, 5.74) is 2.57. The molecule has 2 aromatic carbocycles. The van der Waals surface area contributed by atoms with E-state index in [9.17, 15) is 14.4 Å². The molecule has 0 aliphatic heterocycles. The molecule has 0 spiro atoms. The minimum absolute atomic E-state index is 0.0147. The van der Waals surface area contributed by atoms with Crippen molar-refractivity contribution < 1.29 is 14.0 Å². The number of thiophene rings is 1. The predicted octanol–water partition coefficient (Wildman–Crippen LogP) is 3.47. The molecule has 38 heavy (non-hydrogen) atoms. The number of aromatic amines is 1. The highest BCUT2D eigenvalue weighted by Crippen LogP contribution is 2.31. The molecular formula is C27H26N4O6S. The van der Waals surface area contributed by atoms with Crippen LogP contribution in [0.5, 0.6) is 0 Å². The van der Waals surface area contributed by atoms with Crippen molar-refractivity contribution in [3.8, 4) is 22.5 Å². The number of benzene rings is 2. The Morgan fingerprint density at radius 3 is 2.50 bits per heavy atom. The Balaban J connectivity index is 1.45. The Morgan fingerprint density at radius 1 is 1.00 bits per heavy atom. The second kappa shape index (κ2) is 11.1. The Morgan fingerprint density at radius 2 is 1.76 bits per heavy atom. The fourth-order valence-corrected chi connectivity index (χ4v) is 5.30. The molecule has 0 amide bonds. The van der Waals surface area contributed by atoms with E-state index >= 15 is 0 Å². The second-order valence-corrected chi connectivity index (χ2v) is 9.72. The fourth-order valence-electron chi connectivity index (χ4n) is 4.21. The third kappa shape index (κ3) is 5.03. The molecule has 10 nitrogen and oxygen atoms in total. The molecule has 11 heteroatoms. The quantitative estimate of drug-likeness (QED) is 0.272. The van der Waals surface area contributed by atoms with Gasteiger partial charge in [-0.25, -0.2) is 14.2 Å². The van der Waals surface area contributed by atoms with E-state index in [1.165, 1.54) is 15.9 Å². The van der Waals surface area contributed by atoms with Crippen LogP contribution in [0.25, 0.3) is 32.7 Å². The van der Waals surface area contributed by atoms with Gasteiger partial charge >= 0.3 is 11.4 Å². The number of ether oxygens (including phenoxy) is 2. The third-order valence-corrected chi connectivity index (χ3v) is 7.48. The maximum absolute atomic E-state index is 12.6. The van der Waals surface area contributed by atoms with Gasteiger partial charge in [-0.05, 0) is 29.2 Å². The molecule has 5 rings (SSSR count). The molecule has 0 aliphatic rings. The average molecular weight is 535 g/mol. The highest BCUT2D eigenvalue weighted by molar-refractivity contribution is 7.18. The third-order valence-electron chi connectivity index (χ3n) is 6.18. The van der Waals surface area contributed by atoms with Crippen LogP contribution in [0.2, 0.25) is 0 Å². The predicted molar refractivity (Wildman–Crippen MR) is 145 cm³/mol. The van der Waals surface area contributed by atoms with Gasteiger partial charge in [0.15, 0.2) is 5.82 Å². The molecule has 0 fully saturated rings. The van der Waals surface area contributed by atoms with E-state index in [2.05, 4.69) is 10.1 Å². The first-order valence-electron chi connectivity index (χ1n) is 12.1. The lowest BCUT2D eigenvalue weighted by Gasteiger charge is -2.12. The number of fused-ring (bicyclic) bond motifs is 1. The summed E-state index contributed by atoms with van der Waals surface area (Å²) in [4.78, 5) is 41.4. The van der Waals surface area contributed by atoms with Gasteiger partial charge in [-0.3, -0.25) is 18.9 Å². The zero-order valence-corrected chi connectivity index (χ0v) is 21.7. The van der Waals surface area contributed by atoms with Gasteiger partial charge in [0, 0.05) is 17.6 Å². The normalized spacial score (nSPS) is 11.4. The standard InChI is InChI=1S/C27H26N4O6S/c1-3-19-14-22-24(32)28-26(33)30(25(22)38-19)15-17-8-10-18(11-9-17)20-6-4-5-7-21(20)23-29-37-27(34)31(23)16-36-13-12-35-2/h4-11,14H,3,12-13,15-16H2,1-2H3,(H,28,32,33). The van der Waals surface area contributed by atoms with Gasteiger partial charge in [0.1, 0.15) is 11.6 Å². The van der Waals surface area contributed by atoms with E-state index in [0.717, 1.165) is 28.0 Å². The van der Waals surface area contributed by atoms with E-state index in [4.69, 9.17) is 14.0 Å². The lowest BCUT2D eigenvalue weighted by molar-refractivity contribution is 0.0320. The van der Waals surface area contributed by atoms with Crippen LogP contribution in [-0.2, 0) is 29.2 Å². The van der Waals surface area contributed by atoms with Crippen molar-refractivity contribution in [3.63, 3.8) is 0 Å². The molecule has 3 heterocycles. The lowest BCUT2D eigenvalue weighted by Crippen LogP contribution is -2.29. The highest BCUT2D eigenvalue weighted by Gasteiger charge is 2.17. The van der Waals surface area contributed by atoms with Crippen molar-refractivity contribution in [1.29, 1.82) is 0 Å². The minimum atomic E-state index is -0.611. The van der Waals surface area contributed by atoms with Crippen molar-refractivity contribution in [2.45, 2.75) is 26.6 Å². The van der Waals surface area contributed by atoms with Gasteiger partial charge in [-0.2, -0.15) is 0 Å². The number of rotatable bonds is 10. The van der Waals surface area contributed by atoms with Crippen LogP contribution < -0.4 is 17.0 Å². The smallest absolute Gasteiger partial charge is 0.382 e. The fraction of sp³-hybridized carbons (Fsp3) is 0.259. The van der Waals surface area contributed by atoms with Crippen LogP contribution in [0.1, 0.15) is 17.4 Å². The molecular weight excluding hydrogens is 508 g/mol. The largest absolute Gasteiger partial charge is 0.443 e. The van der Waals surface area contributed by atoms with Crippen LogP contribution in [0.15, 0.2) is 73.5 Å². The maximum Gasteiger partial charge on any atom is 0.443 e. The number of nitrogens with one attached hydrogen (secondary N) is 1. The van der Waals surface area contributed by atoms with Crippen molar-refractivity contribution in [3.05, 3.63) is 96.4 Å². The van der Waals surface area contributed by atoms with Crippen LogP contribution in [-0.4, -0.2) is 39.6 Å². The summed E-state index contributed by atoms with van der Waals surface area (Å²) >= 11 is 1.46. The summed E-state index contributed by atoms with van der Waals surface area (Å²) in [5.74, 6) is -0.251. The molecule has 196 valence electrons. The lowest BCUT2D eigenvalue weighted by atomic mass is 9.98. The van der Waals surface area contributed by atoms with E-state index in [1.54, 1.807) is 11.7 Å². The molecule has 3 aromatic heterocycles. The Bertz CT molecular complexity index is 1740. The van der Waals surface area contributed by atoms with Gasteiger partial charge in [-0.1, -0.05) is 60.6 Å². The molecule has 0 unspecified atom stereocenters. The Labute approximate surface area is 220 Å². The molecule has 0 radical (unpaired) electrons. The van der Waals surface area contributed by atoms with Crippen molar-refractivity contribution >= 4 is 21.6 Å². The average Bonchev–Trinajstić information content (AvgIpc) is 3.53. The number of methoxy groups -OCH3 is 1. The van der Waals surface area contributed by atoms with Crippen molar-refractivity contribution in [2.24, 2.45) is 0 Å². The topological polar surface area (TPSA) is 121 Å². The van der Waals surface area contributed by atoms with Crippen LogP contribution in [0, 0.1) is 0 Å². The molecule has 5 aromatic rings. The Kier molecular flexibility index (Phi) is 7.50. The van der Waals surface area contributed by atoms with Crippen LogP contribution in [0.4, 0.5) is 0 Å². The number of hydrogen-bond acceptors (Lipinski definition) is 8. The molecule has 0 saturated carbocycles. The van der Waals surface area contributed by atoms with Gasteiger partial charge in [-0.15, -0.1) is 11.3 Å². The van der Waals surface area contributed by atoms with Gasteiger partial charge in [0.25, 0.3) is 5.56 Å². The van der Waals surface area contributed by atoms with E-state index in [1.807, 2.05) is 61.5 Å². The zero-order chi connectivity index (χ0) is 26.6. The van der Waals surface area contributed by atoms with Crippen molar-refractivity contribution in [2.75, 3.05) is 20.3 Å². The number of hydrogen-bond donors (Lipinski definition) is 1. The van der Waals surface area contributed by atoms with Crippen LogP contribution >= 0.6 is 11.3 Å². The summed E-state index contributed by atoms with van der Waals surface area (Å²) in [5, 5.41) is 4.53. The highest BCUT2D eigenvalue weighted by atomic mass is 32.1. The molecule has 0 aliphatic carbocycles. The van der Waals surface area contributed by atoms with Gasteiger partial charge in [0.2, 0.25) is 0 Å². The minimum Gasteiger partial charge on any atom is -0.382 e. The second-order valence-electron chi connectivity index (χ2n) is 8.60. The summed E-state index contributed by atoms with van der Waals surface area (Å²) in [6.45, 7) is 3.05. The summed E-state index contributed by atoms with van der Waals surface area (Å²) in [7, 11) is 1.58. The summed E-state index contributed by atoms with van der Waals surface area (Å²) in [6, 6.07) is 17.2. The first-order valence-corrected chi connectivity index (χ1v) is 12.9.